The van der Waals surface area contributed by atoms with Crippen molar-refractivity contribution >= 4 is 5.69 Å². The summed E-state index contributed by atoms with van der Waals surface area (Å²) in [6.07, 6.45) is 1.08. The van der Waals surface area contributed by atoms with Crippen molar-refractivity contribution in [1.29, 1.82) is 5.26 Å². The van der Waals surface area contributed by atoms with E-state index < -0.39 is 0 Å². The molecule has 0 spiro atoms. The fraction of sp³-hybridized carbons (Fsp3) is 0.500. The summed E-state index contributed by atoms with van der Waals surface area (Å²) < 4.78 is 13.1. The lowest BCUT2D eigenvalue weighted by Gasteiger charge is -2.24. The lowest BCUT2D eigenvalue weighted by Crippen LogP contribution is -2.31. The second kappa shape index (κ2) is 5.83. The van der Waals surface area contributed by atoms with E-state index in [0.717, 1.165) is 44.8 Å². The monoisotopic (exact) mass is 247 g/mol. The summed E-state index contributed by atoms with van der Waals surface area (Å²) in [6.45, 7) is 7.14. The number of benzene rings is 1. The van der Waals surface area contributed by atoms with Crippen LogP contribution in [0.2, 0.25) is 0 Å². The van der Waals surface area contributed by atoms with Crippen LogP contribution in [0, 0.1) is 17.1 Å². The highest BCUT2D eigenvalue weighted by Crippen LogP contribution is 2.22. The third-order valence-electron chi connectivity index (χ3n) is 3.46. The van der Waals surface area contributed by atoms with Crippen molar-refractivity contribution in [2.24, 2.45) is 0 Å². The molecule has 1 aromatic rings. The smallest absolute Gasteiger partial charge is 0.124 e. The van der Waals surface area contributed by atoms with Gasteiger partial charge in [-0.2, -0.15) is 5.26 Å². The van der Waals surface area contributed by atoms with Gasteiger partial charge in [0.15, 0.2) is 0 Å². The summed E-state index contributed by atoms with van der Waals surface area (Å²) >= 11 is 0. The molecule has 0 atom stereocenters. The second-order valence-electron chi connectivity index (χ2n) is 4.55. The number of likely N-dealkylation sites (N-methyl/N-ethyl adjacent to an activating group) is 1. The summed E-state index contributed by atoms with van der Waals surface area (Å²) in [6, 6.07) is 6.55. The maximum Gasteiger partial charge on any atom is 0.124 e. The van der Waals surface area contributed by atoms with Crippen molar-refractivity contribution in [2.75, 3.05) is 37.6 Å². The van der Waals surface area contributed by atoms with E-state index in [2.05, 4.69) is 22.8 Å². The van der Waals surface area contributed by atoms with Gasteiger partial charge in [-0.15, -0.1) is 0 Å². The highest BCUT2D eigenvalue weighted by atomic mass is 19.1. The van der Waals surface area contributed by atoms with Crippen molar-refractivity contribution in [3.05, 3.63) is 29.6 Å². The number of rotatable bonds is 2. The Morgan fingerprint density at radius 3 is 2.83 bits per heavy atom. The molecule has 1 fully saturated rings. The molecule has 1 saturated heterocycles. The topological polar surface area (TPSA) is 30.3 Å². The maximum atomic E-state index is 13.1. The van der Waals surface area contributed by atoms with Gasteiger partial charge in [0.05, 0.1) is 11.3 Å². The molecule has 0 bridgehead atoms. The summed E-state index contributed by atoms with van der Waals surface area (Å²) in [7, 11) is 0. The van der Waals surface area contributed by atoms with Gasteiger partial charge in [0.2, 0.25) is 0 Å². The van der Waals surface area contributed by atoms with E-state index in [1.807, 2.05) is 0 Å². The molecule has 18 heavy (non-hydrogen) atoms. The van der Waals surface area contributed by atoms with E-state index >= 15 is 0 Å². The van der Waals surface area contributed by atoms with E-state index in [-0.39, 0.29) is 5.82 Å². The normalized spacial score (nSPS) is 17.3. The first kappa shape index (κ1) is 12.8. The largest absolute Gasteiger partial charge is 0.369 e. The quantitative estimate of drug-likeness (QED) is 0.803. The molecule has 0 amide bonds. The SMILES string of the molecule is CCN1CCCN(c2ccc(F)cc2C#N)CC1. The van der Waals surface area contributed by atoms with Crippen molar-refractivity contribution in [2.45, 2.75) is 13.3 Å². The van der Waals surface area contributed by atoms with E-state index in [0.29, 0.717) is 5.56 Å². The molecule has 96 valence electrons. The first-order valence-corrected chi connectivity index (χ1v) is 6.41. The van der Waals surface area contributed by atoms with E-state index in [1.54, 1.807) is 6.07 Å². The highest BCUT2D eigenvalue weighted by molar-refractivity contribution is 5.59. The fourth-order valence-corrected chi connectivity index (χ4v) is 2.40. The minimum absolute atomic E-state index is 0.347. The maximum absolute atomic E-state index is 13.1. The predicted molar refractivity (Wildman–Crippen MR) is 70.1 cm³/mol. The van der Waals surface area contributed by atoms with Gasteiger partial charge in [-0.25, -0.2) is 4.39 Å². The molecule has 0 saturated carbocycles. The van der Waals surface area contributed by atoms with E-state index in [4.69, 9.17) is 5.26 Å². The molecule has 1 aliphatic heterocycles. The third-order valence-corrected chi connectivity index (χ3v) is 3.46. The Labute approximate surface area is 107 Å². The number of anilines is 1. The Morgan fingerprint density at radius 1 is 1.28 bits per heavy atom. The van der Waals surface area contributed by atoms with Gasteiger partial charge in [-0.1, -0.05) is 6.92 Å². The number of nitrogens with zero attached hydrogens (tertiary/aromatic N) is 3. The molecule has 0 aliphatic carbocycles. The summed E-state index contributed by atoms with van der Waals surface area (Å²) in [4.78, 5) is 4.59. The zero-order valence-electron chi connectivity index (χ0n) is 10.7. The minimum Gasteiger partial charge on any atom is -0.369 e. The average Bonchev–Trinajstić information content (AvgIpc) is 2.63. The average molecular weight is 247 g/mol. The van der Waals surface area contributed by atoms with Gasteiger partial charge >= 0.3 is 0 Å². The van der Waals surface area contributed by atoms with Crippen molar-refractivity contribution < 1.29 is 4.39 Å². The van der Waals surface area contributed by atoms with Crippen LogP contribution in [0.3, 0.4) is 0 Å². The Kier molecular flexibility index (Phi) is 4.16. The molecule has 1 aliphatic rings. The van der Waals surface area contributed by atoms with Crippen LogP contribution in [0.25, 0.3) is 0 Å². The first-order chi connectivity index (χ1) is 8.74. The van der Waals surface area contributed by atoms with Crippen LogP contribution < -0.4 is 4.90 Å². The van der Waals surface area contributed by atoms with Crippen molar-refractivity contribution in [1.82, 2.24) is 4.90 Å². The molecule has 3 nitrogen and oxygen atoms in total. The van der Waals surface area contributed by atoms with Crippen LogP contribution in [-0.2, 0) is 0 Å². The van der Waals surface area contributed by atoms with Crippen molar-refractivity contribution in [3.63, 3.8) is 0 Å². The van der Waals surface area contributed by atoms with Gasteiger partial charge in [-0.3, -0.25) is 0 Å². The van der Waals surface area contributed by atoms with Gasteiger partial charge in [0.1, 0.15) is 11.9 Å². The van der Waals surface area contributed by atoms with E-state index in [1.165, 1.54) is 12.1 Å². The van der Waals surface area contributed by atoms with Crippen LogP contribution in [0.1, 0.15) is 18.9 Å². The Balaban J connectivity index is 2.19. The van der Waals surface area contributed by atoms with Gasteiger partial charge in [0.25, 0.3) is 0 Å². The zero-order chi connectivity index (χ0) is 13.0. The molecule has 0 radical (unpaired) electrons. The number of halogens is 1. The van der Waals surface area contributed by atoms with Crippen LogP contribution in [0.4, 0.5) is 10.1 Å². The molecular weight excluding hydrogens is 229 g/mol. The number of hydrogen-bond donors (Lipinski definition) is 0. The Bertz CT molecular complexity index is 453. The van der Waals surface area contributed by atoms with Gasteiger partial charge in [0, 0.05) is 19.6 Å². The highest BCUT2D eigenvalue weighted by Gasteiger charge is 2.16. The van der Waals surface area contributed by atoms with Crippen LogP contribution in [0.5, 0.6) is 0 Å². The van der Waals surface area contributed by atoms with Gasteiger partial charge < -0.3 is 9.80 Å². The Morgan fingerprint density at radius 2 is 2.11 bits per heavy atom. The molecule has 2 rings (SSSR count). The molecule has 0 unspecified atom stereocenters. The molecule has 0 N–H and O–H groups in total. The minimum atomic E-state index is -0.347. The number of hydrogen-bond acceptors (Lipinski definition) is 3. The first-order valence-electron chi connectivity index (χ1n) is 6.41. The fourth-order valence-electron chi connectivity index (χ4n) is 2.40. The standard InChI is InChI=1S/C14H18FN3/c1-2-17-6-3-7-18(9-8-17)14-5-4-13(15)10-12(14)11-16/h4-5,10H,2-3,6-9H2,1H3. The van der Waals surface area contributed by atoms with Crippen LogP contribution in [0.15, 0.2) is 18.2 Å². The molecule has 1 aromatic carbocycles. The summed E-state index contributed by atoms with van der Waals surface area (Å²) in [5, 5.41) is 9.09. The summed E-state index contributed by atoms with van der Waals surface area (Å²) in [5.41, 5.74) is 1.29. The zero-order valence-corrected chi connectivity index (χ0v) is 10.7. The molecule has 1 heterocycles. The van der Waals surface area contributed by atoms with Crippen LogP contribution >= 0.6 is 0 Å². The van der Waals surface area contributed by atoms with Gasteiger partial charge in [-0.05, 0) is 37.7 Å². The second-order valence-corrected chi connectivity index (χ2v) is 4.55. The number of nitriles is 1. The molecular formula is C14H18FN3. The van der Waals surface area contributed by atoms with Crippen LogP contribution in [-0.4, -0.2) is 37.6 Å². The lowest BCUT2D eigenvalue weighted by atomic mass is 10.1. The third kappa shape index (κ3) is 2.80. The molecule has 4 heteroatoms. The predicted octanol–water partition coefficient (Wildman–Crippen LogP) is 2.23. The summed E-state index contributed by atoms with van der Waals surface area (Å²) in [5.74, 6) is -0.347. The molecule has 0 aromatic heterocycles. The lowest BCUT2D eigenvalue weighted by molar-refractivity contribution is 0.310. The van der Waals surface area contributed by atoms with Crippen molar-refractivity contribution in [3.8, 4) is 6.07 Å². The Hall–Kier alpha value is -1.60. The van der Waals surface area contributed by atoms with E-state index in [9.17, 15) is 4.39 Å².